The predicted molar refractivity (Wildman–Crippen MR) is 71.3 cm³/mol. The van der Waals surface area contributed by atoms with Gasteiger partial charge < -0.3 is 5.11 Å². The molecule has 2 nitrogen and oxygen atoms in total. The van der Waals surface area contributed by atoms with Gasteiger partial charge in [0.05, 0.1) is 9.91 Å². The molecule has 2 aromatic rings. The maximum atomic E-state index is 11.2. The Hall–Kier alpha value is -1.58. The molecule has 0 amide bonds. The quantitative estimate of drug-likeness (QED) is 0.850. The zero-order valence-corrected chi connectivity index (χ0v) is 10.3. The van der Waals surface area contributed by atoms with Crippen molar-refractivity contribution >= 4 is 40.6 Å². The van der Waals surface area contributed by atoms with Gasteiger partial charge in [-0.15, -0.1) is 11.3 Å². The zero-order chi connectivity index (χ0) is 12.3. The Morgan fingerprint density at radius 2 is 1.88 bits per heavy atom. The number of carboxylic acid groups (broad SMARTS) is 1. The van der Waals surface area contributed by atoms with E-state index in [4.69, 9.17) is 11.6 Å². The summed E-state index contributed by atoms with van der Waals surface area (Å²) in [6.45, 7) is 0. The van der Waals surface area contributed by atoms with Crippen LogP contribution < -0.4 is 0 Å². The van der Waals surface area contributed by atoms with Crippen molar-refractivity contribution in [2.45, 2.75) is 0 Å². The highest BCUT2D eigenvalue weighted by Gasteiger charge is 2.12. The van der Waals surface area contributed by atoms with Gasteiger partial charge in [-0.2, -0.15) is 0 Å². The summed E-state index contributed by atoms with van der Waals surface area (Å²) in [7, 11) is 0. The van der Waals surface area contributed by atoms with Crippen LogP contribution in [-0.4, -0.2) is 11.1 Å². The number of hydrogen-bond donors (Lipinski definition) is 1. The van der Waals surface area contributed by atoms with Gasteiger partial charge >= 0.3 is 5.97 Å². The highest BCUT2D eigenvalue weighted by atomic mass is 35.5. The molecule has 1 heterocycles. The maximum Gasteiger partial charge on any atom is 0.337 e. The second-order valence-electron chi connectivity index (χ2n) is 3.38. The van der Waals surface area contributed by atoms with Crippen LogP contribution >= 0.6 is 22.9 Å². The first-order valence-corrected chi connectivity index (χ1v) is 6.12. The highest BCUT2D eigenvalue weighted by molar-refractivity contribution is 7.17. The van der Waals surface area contributed by atoms with Crippen LogP contribution in [0.15, 0.2) is 42.5 Å². The van der Waals surface area contributed by atoms with Crippen molar-refractivity contribution in [3.63, 3.8) is 0 Å². The van der Waals surface area contributed by atoms with Crippen LogP contribution in [0, 0.1) is 0 Å². The summed E-state index contributed by atoms with van der Waals surface area (Å²) >= 11 is 7.07. The average Bonchev–Trinajstić information content (AvgIpc) is 2.73. The van der Waals surface area contributed by atoms with Crippen LogP contribution in [0.4, 0.5) is 0 Å². The van der Waals surface area contributed by atoms with Crippen LogP contribution in [0.5, 0.6) is 0 Å². The first-order valence-electron chi connectivity index (χ1n) is 4.92. The lowest BCUT2D eigenvalue weighted by Crippen LogP contribution is -1.97. The predicted octanol–water partition coefficient (Wildman–Crippen LogP) is 4.03. The van der Waals surface area contributed by atoms with Crippen molar-refractivity contribution in [3.8, 4) is 0 Å². The number of thiophene rings is 1. The minimum absolute atomic E-state index is 0.258. The molecule has 2 rings (SSSR count). The van der Waals surface area contributed by atoms with Gasteiger partial charge in [-0.1, -0.05) is 41.9 Å². The fourth-order valence-corrected chi connectivity index (χ4v) is 2.46. The van der Waals surface area contributed by atoms with E-state index in [1.807, 2.05) is 30.3 Å². The summed E-state index contributed by atoms with van der Waals surface area (Å²) in [4.78, 5) is 11.9. The minimum atomic E-state index is -0.952. The van der Waals surface area contributed by atoms with E-state index in [1.165, 1.54) is 11.3 Å². The molecule has 0 unspecified atom stereocenters. The molecule has 0 spiro atoms. The lowest BCUT2D eigenvalue weighted by Gasteiger charge is -1.99. The van der Waals surface area contributed by atoms with E-state index in [9.17, 15) is 9.90 Å². The molecule has 86 valence electrons. The van der Waals surface area contributed by atoms with Gasteiger partial charge in [0.15, 0.2) is 0 Å². The Balaban J connectivity index is 2.43. The molecular formula is C13H9ClO2S. The third-order valence-electron chi connectivity index (χ3n) is 2.18. The van der Waals surface area contributed by atoms with Crippen molar-refractivity contribution in [1.82, 2.24) is 0 Å². The largest absolute Gasteiger partial charge is 0.478 e. The fourth-order valence-electron chi connectivity index (χ4n) is 1.41. The standard InChI is InChI=1S/C13H9ClO2S/c14-12-7-6-11(17-12)10(13(15)16)8-9-4-2-1-3-5-9/h1-8H,(H,15,16). The smallest absolute Gasteiger partial charge is 0.337 e. The molecule has 0 fully saturated rings. The second kappa shape index (κ2) is 5.17. The maximum absolute atomic E-state index is 11.2. The number of aliphatic carboxylic acids is 1. The van der Waals surface area contributed by atoms with E-state index < -0.39 is 5.97 Å². The Bertz CT molecular complexity index is 558. The third-order valence-corrected chi connectivity index (χ3v) is 3.44. The number of benzene rings is 1. The van der Waals surface area contributed by atoms with Crippen molar-refractivity contribution in [1.29, 1.82) is 0 Å². The normalized spacial score (nSPS) is 11.5. The monoisotopic (exact) mass is 264 g/mol. The molecule has 1 aromatic carbocycles. The SMILES string of the molecule is O=C(O)C(=Cc1ccccc1)c1ccc(Cl)s1. The summed E-state index contributed by atoms with van der Waals surface area (Å²) in [6.07, 6.45) is 1.64. The van der Waals surface area contributed by atoms with Crippen LogP contribution in [-0.2, 0) is 4.79 Å². The van der Waals surface area contributed by atoms with Crippen molar-refractivity contribution < 1.29 is 9.90 Å². The van der Waals surface area contributed by atoms with Crippen LogP contribution in [0.2, 0.25) is 4.34 Å². The topological polar surface area (TPSA) is 37.3 Å². The molecule has 1 aromatic heterocycles. The van der Waals surface area contributed by atoms with E-state index in [0.29, 0.717) is 9.21 Å². The molecule has 0 saturated heterocycles. The number of carboxylic acids is 1. The van der Waals surface area contributed by atoms with Crippen molar-refractivity contribution in [2.75, 3.05) is 0 Å². The number of carbonyl (C=O) groups is 1. The number of halogens is 1. The molecule has 0 saturated carbocycles. The molecule has 4 heteroatoms. The lowest BCUT2D eigenvalue weighted by molar-refractivity contribution is -0.130. The molecule has 1 N–H and O–H groups in total. The van der Waals surface area contributed by atoms with E-state index in [1.54, 1.807) is 18.2 Å². The molecular weight excluding hydrogens is 256 g/mol. The second-order valence-corrected chi connectivity index (χ2v) is 5.09. The van der Waals surface area contributed by atoms with Gasteiger partial charge in [0.2, 0.25) is 0 Å². The molecule has 0 bridgehead atoms. The Morgan fingerprint density at radius 3 is 2.41 bits per heavy atom. The van der Waals surface area contributed by atoms with Crippen molar-refractivity contribution in [3.05, 3.63) is 57.2 Å². The summed E-state index contributed by atoms with van der Waals surface area (Å²) in [5, 5.41) is 9.19. The van der Waals surface area contributed by atoms with Gasteiger partial charge in [-0.25, -0.2) is 4.79 Å². The first-order chi connectivity index (χ1) is 8.16. The van der Waals surface area contributed by atoms with E-state index in [2.05, 4.69) is 0 Å². The minimum Gasteiger partial charge on any atom is -0.478 e. The number of rotatable bonds is 3. The first kappa shape index (κ1) is 11.9. The molecule has 0 aliphatic heterocycles. The Kier molecular flexibility index (Phi) is 3.61. The van der Waals surface area contributed by atoms with E-state index in [0.717, 1.165) is 5.56 Å². The van der Waals surface area contributed by atoms with Gasteiger partial charge in [-0.3, -0.25) is 0 Å². The number of hydrogen-bond acceptors (Lipinski definition) is 2. The third kappa shape index (κ3) is 2.96. The summed E-state index contributed by atoms with van der Waals surface area (Å²) in [6, 6.07) is 12.8. The summed E-state index contributed by atoms with van der Waals surface area (Å²) < 4.78 is 0.584. The van der Waals surface area contributed by atoms with Crippen LogP contribution in [0.1, 0.15) is 10.4 Å². The van der Waals surface area contributed by atoms with Crippen LogP contribution in [0.25, 0.3) is 11.6 Å². The van der Waals surface area contributed by atoms with E-state index in [-0.39, 0.29) is 5.57 Å². The molecule has 17 heavy (non-hydrogen) atoms. The van der Waals surface area contributed by atoms with Gasteiger partial charge in [0.1, 0.15) is 0 Å². The molecule has 0 atom stereocenters. The van der Waals surface area contributed by atoms with Crippen LogP contribution in [0.3, 0.4) is 0 Å². The molecule has 0 radical (unpaired) electrons. The molecule has 0 aliphatic carbocycles. The Labute approximate surface area is 108 Å². The van der Waals surface area contributed by atoms with Gasteiger partial charge in [0.25, 0.3) is 0 Å². The lowest BCUT2D eigenvalue weighted by atomic mass is 10.1. The van der Waals surface area contributed by atoms with Crippen molar-refractivity contribution in [2.24, 2.45) is 0 Å². The zero-order valence-electron chi connectivity index (χ0n) is 8.76. The average molecular weight is 265 g/mol. The molecule has 0 aliphatic rings. The highest BCUT2D eigenvalue weighted by Crippen LogP contribution is 2.29. The fraction of sp³-hybridized carbons (Fsp3) is 0. The summed E-state index contributed by atoms with van der Waals surface area (Å²) in [5.41, 5.74) is 1.11. The van der Waals surface area contributed by atoms with E-state index >= 15 is 0 Å². The van der Waals surface area contributed by atoms with Gasteiger partial charge in [-0.05, 0) is 23.8 Å². The van der Waals surface area contributed by atoms with Gasteiger partial charge in [0, 0.05) is 4.88 Å². The summed E-state index contributed by atoms with van der Waals surface area (Å²) in [5.74, 6) is -0.952. The Morgan fingerprint density at radius 1 is 1.18 bits per heavy atom.